The van der Waals surface area contributed by atoms with E-state index in [0.29, 0.717) is 35.1 Å². The lowest BCUT2D eigenvalue weighted by atomic mass is 9.94. The molecule has 33 heavy (non-hydrogen) atoms. The molecule has 0 bridgehead atoms. The van der Waals surface area contributed by atoms with Crippen LogP contribution in [0, 0.1) is 5.41 Å². The summed E-state index contributed by atoms with van der Waals surface area (Å²) in [6.45, 7) is 12.7. The summed E-state index contributed by atoms with van der Waals surface area (Å²) in [5.41, 5.74) is 1.68. The van der Waals surface area contributed by atoms with Gasteiger partial charge in [0, 0.05) is 42.8 Å². The Morgan fingerprint density at radius 1 is 1.09 bits per heavy atom. The fraction of sp³-hybridized carbons (Fsp3) is 0.462. The molecule has 1 unspecified atom stereocenters. The maximum absolute atomic E-state index is 12.7. The number of benzene rings is 2. The summed E-state index contributed by atoms with van der Waals surface area (Å²) < 4.78 is 5.82. The van der Waals surface area contributed by atoms with Crippen molar-refractivity contribution >= 4 is 34.8 Å². The molecule has 1 aliphatic rings. The molecule has 7 heteroatoms. The van der Waals surface area contributed by atoms with Gasteiger partial charge in [-0.15, -0.1) is 0 Å². The van der Waals surface area contributed by atoms with Gasteiger partial charge in [0.1, 0.15) is 5.75 Å². The smallest absolute Gasteiger partial charge is 0.255 e. The summed E-state index contributed by atoms with van der Waals surface area (Å²) in [4.78, 5) is 29.4. The van der Waals surface area contributed by atoms with Crippen molar-refractivity contribution in [2.75, 3.05) is 36.4 Å². The number of hydrogen-bond acceptors (Lipinski definition) is 4. The molecule has 3 rings (SSSR count). The first-order chi connectivity index (χ1) is 15.6. The van der Waals surface area contributed by atoms with Crippen molar-refractivity contribution in [2.24, 2.45) is 5.41 Å². The molecule has 178 valence electrons. The van der Waals surface area contributed by atoms with E-state index in [1.54, 1.807) is 18.2 Å². The van der Waals surface area contributed by atoms with Crippen molar-refractivity contribution in [2.45, 2.75) is 47.1 Å². The molecule has 1 heterocycles. The highest BCUT2D eigenvalue weighted by Crippen LogP contribution is 2.30. The SMILES string of the molecule is CCC(C)Oc1cccc(C(=O)Nc2ccc(N3CCN(C(=O)C(C)(C)C)CC3)c(Cl)c2)c1. The Hall–Kier alpha value is -2.73. The molecule has 0 radical (unpaired) electrons. The fourth-order valence-electron chi connectivity index (χ4n) is 3.70. The number of anilines is 2. The quantitative estimate of drug-likeness (QED) is 0.607. The number of carbonyl (C=O) groups is 2. The molecule has 1 N–H and O–H groups in total. The Morgan fingerprint density at radius 2 is 1.79 bits per heavy atom. The maximum atomic E-state index is 12.7. The van der Waals surface area contributed by atoms with Crippen LogP contribution in [-0.4, -0.2) is 49.0 Å². The highest BCUT2D eigenvalue weighted by atomic mass is 35.5. The zero-order chi connectivity index (χ0) is 24.2. The topological polar surface area (TPSA) is 61.9 Å². The first-order valence-electron chi connectivity index (χ1n) is 11.5. The number of piperazine rings is 1. The molecule has 2 aromatic rings. The normalized spacial score (nSPS) is 15.2. The number of nitrogens with zero attached hydrogens (tertiary/aromatic N) is 2. The molecule has 1 aliphatic heterocycles. The molecular formula is C26H34ClN3O3. The molecule has 1 atom stereocenters. The van der Waals surface area contributed by atoms with Gasteiger partial charge < -0.3 is 19.9 Å². The standard InChI is InChI=1S/C26H34ClN3O3/c1-6-18(2)33-21-9-7-8-19(16-21)24(31)28-20-10-11-23(22(27)17-20)29-12-14-30(15-13-29)25(32)26(3,4)5/h7-11,16-18H,6,12-15H2,1-5H3,(H,28,31). The van der Waals surface area contributed by atoms with Gasteiger partial charge in [0.2, 0.25) is 5.91 Å². The average molecular weight is 472 g/mol. The first kappa shape index (κ1) is 24.9. The van der Waals surface area contributed by atoms with Gasteiger partial charge >= 0.3 is 0 Å². The summed E-state index contributed by atoms with van der Waals surface area (Å²) >= 11 is 6.57. The number of ether oxygens (including phenoxy) is 1. The summed E-state index contributed by atoms with van der Waals surface area (Å²) in [5, 5.41) is 3.48. The third-order valence-electron chi connectivity index (χ3n) is 5.76. The van der Waals surface area contributed by atoms with Gasteiger partial charge in [-0.1, -0.05) is 45.4 Å². The summed E-state index contributed by atoms with van der Waals surface area (Å²) in [6, 6.07) is 12.7. The predicted octanol–water partition coefficient (Wildman–Crippen LogP) is 5.46. The van der Waals surface area contributed by atoms with Gasteiger partial charge in [0.25, 0.3) is 5.91 Å². The lowest BCUT2D eigenvalue weighted by Crippen LogP contribution is -2.51. The maximum Gasteiger partial charge on any atom is 0.255 e. The molecule has 0 aromatic heterocycles. The molecule has 0 aliphatic carbocycles. The molecule has 2 aromatic carbocycles. The van der Waals surface area contributed by atoms with Crippen molar-refractivity contribution in [1.82, 2.24) is 4.90 Å². The van der Waals surface area contributed by atoms with Crippen LogP contribution < -0.4 is 15.0 Å². The van der Waals surface area contributed by atoms with Crippen LogP contribution in [0.4, 0.5) is 11.4 Å². The van der Waals surface area contributed by atoms with Gasteiger partial charge in [-0.3, -0.25) is 9.59 Å². The summed E-state index contributed by atoms with van der Waals surface area (Å²) in [7, 11) is 0. The molecule has 1 fully saturated rings. The van der Waals surface area contributed by atoms with Crippen LogP contribution in [0.1, 0.15) is 51.4 Å². The Kier molecular flexibility index (Phi) is 7.90. The number of hydrogen-bond donors (Lipinski definition) is 1. The fourth-order valence-corrected chi connectivity index (χ4v) is 4.00. The molecule has 1 saturated heterocycles. The third kappa shape index (κ3) is 6.41. The molecule has 0 spiro atoms. The molecule has 6 nitrogen and oxygen atoms in total. The Morgan fingerprint density at radius 3 is 2.39 bits per heavy atom. The van der Waals surface area contributed by atoms with E-state index in [-0.39, 0.29) is 23.3 Å². The van der Waals surface area contributed by atoms with Gasteiger partial charge in [-0.2, -0.15) is 0 Å². The molecular weight excluding hydrogens is 438 g/mol. The van der Waals surface area contributed by atoms with Crippen LogP contribution in [0.2, 0.25) is 5.02 Å². The van der Waals surface area contributed by atoms with Gasteiger partial charge in [0.15, 0.2) is 0 Å². The van der Waals surface area contributed by atoms with E-state index in [0.717, 1.165) is 25.2 Å². The third-order valence-corrected chi connectivity index (χ3v) is 6.07. The van der Waals surface area contributed by atoms with Crippen LogP contribution in [0.25, 0.3) is 0 Å². The number of rotatable bonds is 6. The molecule has 2 amide bonds. The van der Waals surface area contributed by atoms with Crippen molar-refractivity contribution in [1.29, 1.82) is 0 Å². The van der Waals surface area contributed by atoms with E-state index in [1.807, 2.05) is 56.9 Å². The molecule has 0 saturated carbocycles. The number of nitrogens with one attached hydrogen (secondary N) is 1. The summed E-state index contributed by atoms with van der Waals surface area (Å²) in [6.07, 6.45) is 0.978. The van der Waals surface area contributed by atoms with Crippen molar-refractivity contribution in [3.63, 3.8) is 0 Å². The van der Waals surface area contributed by atoms with Crippen LogP contribution in [0.15, 0.2) is 42.5 Å². The highest BCUT2D eigenvalue weighted by Gasteiger charge is 2.30. The van der Waals surface area contributed by atoms with Gasteiger partial charge in [-0.25, -0.2) is 0 Å². The first-order valence-corrected chi connectivity index (χ1v) is 11.9. The zero-order valence-electron chi connectivity index (χ0n) is 20.2. The number of halogens is 1. The second kappa shape index (κ2) is 10.5. The lowest BCUT2D eigenvalue weighted by molar-refractivity contribution is -0.139. The number of carbonyl (C=O) groups excluding carboxylic acids is 2. The van der Waals surface area contributed by atoms with E-state index in [1.165, 1.54) is 0 Å². The highest BCUT2D eigenvalue weighted by molar-refractivity contribution is 6.33. The second-order valence-electron chi connectivity index (χ2n) is 9.51. The van der Waals surface area contributed by atoms with E-state index >= 15 is 0 Å². The minimum atomic E-state index is -0.375. The van der Waals surface area contributed by atoms with Crippen molar-refractivity contribution < 1.29 is 14.3 Å². The van der Waals surface area contributed by atoms with Crippen LogP contribution >= 0.6 is 11.6 Å². The second-order valence-corrected chi connectivity index (χ2v) is 9.92. The average Bonchev–Trinajstić information content (AvgIpc) is 2.78. The minimum absolute atomic E-state index is 0.0862. The predicted molar refractivity (Wildman–Crippen MR) is 134 cm³/mol. The Balaban J connectivity index is 1.63. The minimum Gasteiger partial charge on any atom is -0.491 e. The van der Waals surface area contributed by atoms with Gasteiger partial charge in [0.05, 0.1) is 16.8 Å². The van der Waals surface area contributed by atoms with Crippen molar-refractivity contribution in [3.05, 3.63) is 53.1 Å². The van der Waals surface area contributed by atoms with Crippen LogP contribution in [0.5, 0.6) is 5.75 Å². The Labute approximate surface area is 201 Å². The largest absolute Gasteiger partial charge is 0.491 e. The Bertz CT molecular complexity index is 995. The van der Waals surface area contributed by atoms with E-state index < -0.39 is 0 Å². The van der Waals surface area contributed by atoms with Crippen LogP contribution in [0.3, 0.4) is 0 Å². The van der Waals surface area contributed by atoms with E-state index in [2.05, 4.69) is 17.1 Å². The van der Waals surface area contributed by atoms with E-state index in [4.69, 9.17) is 16.3 Å². The van der Waals surface area contributed by atoms with Crippen molar-refractivity contribution in [3.8, 4) is 5.75 Å². The summed E-state index contributed by atoms with van der Waals surface area (Å²) in [5.74, 6) is 0.627. The lowest BCUT2D eigenvalue weighted by Gasteiger charge is -2.39. The van der Waals surface area contributed by atoms with Gasteiger partial charge in [-0.05, 0) is 49.7 Å². The number of amides is 2. The monoisotopic (exact) mass is 471 g/mol. The van der Waals surface area contributed by atoms with Crippen LogP contribution in [-0.2, 0) is 4.79 Å². The van der Waals surface area contributed by atoms with E-state index in [9.17, 15) is 9.59 Å². The zero-order valence-corrected chi connectivity index (χ0v) is 20.9.